The van der Waals surface area contributed by atoms with Crippen LogP contribution in [0.5, 0.6) is 0 Å². The highest BCUT2D eigenvalue weighted by atomic mass is 32.2. The Kier molecular flexibility index (Phi) is 5.80. The van der Waals surface area contributed by atoms with Crippen molar-refractivity contribution in [3.63, 3.8) is 0 Å². The van der Waals surface area contributed by atoms with Gasteiger partial charge >= 0.3 is 0 Å². The number of carbonyl (C=O) groups excluding carboxylic acids is 1. The molecule has 1 aliphatic rings. The quantitative estimate of drug-likeness (QED) is 0.582. The van der Waals surface area contributed by atoms with Gasteiger partial charge < -0.3 is 9.64 Å². The fourth-order valence-electron chi connectivity index (χ4n) is 3.42. The number of ether oxygens (including phenoxy) is 1. The first kappa shape index (κ1) is 20.2. The van der Waals surface area contributed by atoms with Crippen molar-refractivity contribution >= 4 is 39.2 Å². The largest absolute Gasteiger partial charge is 0.372 e. The summed E-state index contributed by atoms with van der Waals surface area (Å²) in [5.41, 5.74) is 2.21. The number of thioether (sulfide) groups is 1. The third-order valence-electron chi connectivity index (χ3n) is 4.61. The van der Waals surface area contributed by atoms with Gasteiger partial charge in [0.1, 0.15) is 22.1 Å². The van der Waals surface area contributed by atoms with Crippen molar-refractivity contribution < 1.29 is 13.9 Å². The van der Waals surface area contributed by atoms with Crippen LogP contribution in [0.15, 0.2) is 29.3 Å². The molecule has 3 aromatic rings. The van der Waals surface area contributed by atoms with E-state index in [9.17, 15) is 9.18 Å². The molecule has 1 aliphatic heterocycles. The second-order valence-corrected chi connectivity index (χ2v) is 9.28. The first-order valence-corrected chi connectivity index (χ1v) is 11.2. The van der Waals surface area contributed by atoms with Crippen LogP contribution in [-0.2, 0) is 9.53 Å². The molecule has 2 atom stereocenters. The topological polar surface area (TPSA) is 68.2 Å². The zero-order valence-corrected chi connectivity index (χ0v) is 18.0. The van der Waals surface area contributed by atoms with Crippen LogP contribution in [0.4, 0.5) is 4.39 Å². The van der Waals surface area contributed by atoms with Crippen LogP contribution < -0.4 is 0 Å². The Labute approximate surface area is 176 Å². The van der Waals surface area contributed by atoms with Gasteiger partial charge in [0.25, 0.3) is 0 Å². The third-order valence-corrected chi connectivity index (χ3v) is 6.53. The first-order valence-electron chi connectivity index (χ1n) is 9.36. The van der Waals surface area contributed by atoms with Crippen molar-refractivity contribution in [2.75, 3.05) is 18.8 Å². The molecule has 2 unspecified atom stereocenters. The van der Waals surface area contributed by atoms with Gasteiger partial charge in [-0.3, -0.25) is 4.79 Å². The molecule has 4 rings (SSSR count). The number of fused-ring (bicyclic) bond motifs is 1. The first-order chi connectivity index (χ1) is 13.9. The Morgan fingerprint density at radius 2 is 1.93 bits per heavy atom. The zero-order chi connectivity index (χ0) is 20.5. The lowest BCUT2D eigenvalue weighted by molar-refractivity contribution is -0.140. The number of hydrogen-bond acceptors (Lipinski definition) is 7. The third kappa shape index (κ3) is 4.41. The number of thiazole rings is 1. The fourth-order valence-corrected chi connectivity index (χ4v) is 5.23. The van der Waals surface area contributed by atoms with E-state index in [0.717, 1.165) is 20.8 Å². The highest BCUT2D eigenvalue weighted by Crippen LogP contribution is 2.35. The Morgan fingerprint density at radius 3 is 2.62 bits per heavy atom. The number of morpholine rings is 1. The number of nitrogens with zero attached hydrogens (tertiary/aromatic N) is 4. The summed E-state index contributed by atoms with van der Waals surface area (Å²) in [5.74, 6) is 0.0350. The summed E-state index contributed by atoms with van der Waals surface area (Å²) in [6.07, 6.45) is 0.0748. The van der Waals surface area contributed by atoms with Gasteiger partial charge in [-0.05, 0) is 45.0 Å². The van der Waals surface area contributed by atoms with E-state index in [1.54, 1.807) is 12.1 Å². The van der Waals surface area contributed by atoms with Crippen molar-refractivity contribution in [3.8, 4) is 11.3 Å². The lowest BCUT2D eigenvalue weighted by atomic mass is 10.1. The number of hydrogen-bond donors (Lipinski definition) is 0. The molecular formula is C20H21FN4O2S2. The average Bonchev–Trinajstić information content (AvgIpc) is 3.07. The van der Waals surface area contributed by atoms with Gasteiger partial charge in [0.05, 0.1) is 27.7 Å². The highest BCUT2D eigenvalue weighted by Gasteiger charge is 2.26. The molecule has 1 saturated heterocycles. The molecule has 3 heterocycles. The smallest absolute Gasteiger partial charge is 0.233 e. The van der Waals surface area contributed by atoms with Crippen molar-refractivity contribution in [2.24, 2.45) is 0 Å². The minimum atomic E-state index is -0.295. The number of aryl methyl sites for hydroxylation is 1. The molecule has 1 aromatic carbocycles. The summed E-state index contributed by atoms with van der Waals surface area (Å²) < 4.78 is 19.9. The number of benzene rings is 1. The number of rotatable bonds is 4. The summed E-state index contributed by atoms with van der Waals surface area (Å²) in [6, 6.07) is 6.18. The molecule has 0 saturated carbocycles. The number of halogens is 1. The molecule has 0 radical (unpaired) electrons. The summed E-state index contributed by atoms with van der Waals surface area (Å²) in [6.45, 7) is 7.08. The summed E-state index contributed by atoms with van der Waals surface area (Å²) in [5, 5.41) is 10.2. The van der Waals surface area contributed by atoms with Crippen LogP contribution in [0.25, 0.3) is 21.5 Å². The van der Waals surface area contributed by atoms with Crippen LogP contribution in [0.1, 0.15) is 18.9 Å². The SMILES string of the molecule is Cc1nc2c(SCC(=O)N3CC(C)OC(C)C3)nnc(-c3ccc(F)cc3)c2s1. The lowest BCUT2D eigenvalue weighted by Crippen LogP contribution is -2.48. The van der Waals surface area contributed by atoms with Crippen LogP contribution in [-0.4, -0.2) is 57.0 Å². The Morgan fingerprint density at radius 1 is 1.24 bits per heavy atom. The second kappa shape index (κ2) is 8.33. The molecule has 0 aliphatic carbocycles. The minimum Gasteiger partial charge on any atom is -0.372 e. The van der Waals surface area contributed by atoms with Crippen molar-refractivity contribution in [1.82, 2.24) is 20.1 Å². The predicted molar refractivity (Wildman–Crippen MR) is 113 cm³/mol. The average molecular weight is 433 g/mol. The monoisotopic (exact) mass is 432 g/mol. The van der Waals surface area contributed by atoms with Crippen molar-refractivity contribution in [2.45, 2.75) is 38.0 Å². The van der Waals surface area contributed by atoms with Gasteiger partial charge in [0, 0.05) is 18.7 Å². The molecular weight excluding hydrogens is 411 g/mol. The van der Waals surface area contributed by atoms with Gasteiger partial charge in [-0.1, -0.05) is 11.8 Å². The molecule has 152 valence electrons. The second-order valence-electron chi connectivity index (χ2n) is 7.12. The molecule has 0 N–H and O–H groups in total. The number of aromatic nitrogens is 3. The van der Waals surface area contributed by atoms with E-state index in [4.69, 9.17) is 4.74 Å². The molecule has 6 nitrogen and oxygen atoms in total. The number of amides is 1. The van der Waals surface area contributed by atoms with Crippen LogP contribution in [0, 0.1) is 12.7 Å². The lowest BCUT2D eigenvalue weighted by Gasteiger charge is -2.35. The molecule has 2 aromatic heterocycles. The van der Waals surface area contributed by atoms with Crippen LogP contribution >= 0.6 is 23.1 Å². The van der Waals surface area contributed by atoms with Gasteiger partial charge in [-0.25, -0.2) is 9.37 Å². The maximum absolute atomic E-state index is 13.3. The highest BCUT2D eigenvalue weighted by molar-refractivity contribution is 8.00. The predicted octanol–water partition coefficient (Wildman–Crippen LogP) is 3.93. The van der Waals surface area contributed by atoms with Gasteiger partial charge in [-0.15, -0.1) is 21.5 Å². The molecule has 1 fully saturated rings. The fraction of sp³-hybridized carbons (Fsp3) is 0.400. The Hall–Kier alpha value is -2.10. The van der Waals surface area contributed by atoms with E-state index in [1.807, 2.05) is 25.7 Å². The van der Waals surface area contributed by atoms with E-state index in [0.29, 0.717) is 23.8 Å². The van der Waals surface area contributed by atoms with Crippen molar-refractivity contribution in [1.29, 1.82) is 0 Å². The normalized spacial score (nSPS) is 19.7. The van der Waals surface area contributed by atoms with Crippen LogP contribution in [0.3, 0.4) is 0 Å². The van der Waals surface area contributed by atoms with E-state index in [-0.39, 0.29) is 29.7 Å². The molecule has 1 amide bonds. The zero-order valence-electron chi connectivity index (χ0n) is 16.4. The maximum Gasteiger partial charge on any atom is 0.233 e. The van der Waals surface area contributed by atoms with Gasteiger partial charge in [0.2, 0.25) is 5.91 Å². The van der Waals surface area contributed by atoms with E-state index in [2.05, 4.69) is 15.2 Å². The minimum absolute atomic E-state index is 0.0374. The Balaban J connectivity index is 1.56. The van der Waals surface area contributed by atoms with E-state index < -0.39 is 0 Å². The van der Waals surface area contributed by atoms with Crippen molar-refractivity contribution in [3.05, 3.63) is 35.1 Å². The molecule has 9 heteroatoms. The summed E-state index contributed by atoms with van der Waals surface area (Å²) in [7, 11) is 0. The van der Waals surface area contributed by atoms with Crippen LogP contribution in [0.2, 0.25) is 0 Å². The van der Waals surface area contributed by atoms with E-state index in [1.165, 1.54) is 35.2 Å². The standard InChI is InChI=1S/C20H21FN4O2S2/c1-11-8-25(9-12(2)27-11)16(26)10-28-20-18-19(29-13(3)22-18)17(23-24-20)14-4-6-15(21)7-5-14/h4-7,11-12H,8-10H2,1-3H3. The molecule has 0 bridgehead atoms. The van der Waals surface area contributed by atoms with Gasteiger partial charge in [0.15, 0.2) is 0 Å². The summed E-state index contributed by atoms with van der Waals surface area (Å²) in [4.78, 5) is 19.1. The van der Waals surface area contributed by atoms with Gasteiger partial charge in [-0.2, -0.15) is 0 Å². The Bertz CT molecular complexity index is 1030. The maximum atomic E-state index is 13.3. The number of carbonyl (C=O) groups is 1. The van der Waals surface area contributed by atoms with E-state index >= 15 is 0 Å². The molecule has 29 heavy (non-hydrogen) atoms. The molecule has 0 spiro atoms. The summed E-state index contributed by atoms with van der Waals surface area (Å²) >= 11 is 2.87.